The van der Waals surface area contributed by atoms with E-state index in [1.807, 2.05) is 33.8 Å². The van der Waals surface area contributed by atoms with Crippen molar-refractivity contribution in [2.75, 3.05) is 22.8 Å². The average molecular weight is 286 g/mol. The summed E-state index contributed by atoms with van der Waals surface area (Å²) >= 11 is 0. The van der Waals surface area contributed by atoms with Crippen LogP contribution in [0.4, 0.5) is 11.4 Å². The fourth-order valence-corrected chi connectivity index (χ4v) is 2.56. The molecule has 3 N–H and O–H groups in total. The molecule has 0 saturated carbocycles. The number of hydrogen-bond acceptors (Lipinski definition) is 4. The second-order valence-electron chi connectivity index (χ2n) is 4.86. The molecule has 0 atom stereocenters. The molecule has 0 spiro atoms. The Kier molecular flexibility index (Phi) is 5.20. The third-order valence-corrected chi connectivity index (χ3v) is 3.92. The lowest BCUT2D eigenvalue weighted by molar-refractivity contribution is 0.0913. The number of sulfonamides is 1. The highest BCUT2D eigenvalue weighted by molar-refractivity contribution is 7.92. The van der Waals surface area contributed by atoms with Crippen LogP contribution in [0.5, 0.6) is 0 Å². The molecule has 0 radical (unpaired) electrons. The molecule has 0 aliphatic carbocycles. The van der Waals surface area contributed by atoms with Gasteiger partial charge in [-0.25, -0.2) is 8.42 Å². The van der Waals surface area contributed by atoms with Gasteiger partial charge in [0.1, 0.15) is 0 Å². The van der Waals surface area contributed by atoms with Gasteiger partial charge in [0.15, 0.2) is 0 Å². The molecule has 0 aromatic heterocycles. The van der Waals surface area contributed by atoms with E-state index >= 15 is 0 Å². The number of benzene rings is 1. The van der Waals surface area contributed by atoms with E-state index in [1.165, 1.54) is 0 Å². The first-order chi connectivity index (χ1) is 8.71. The van der Waals surface area contributed by atoms with Crippen LogP contribution >= 0.6 is 0 Å². The standard InChI is InChI=1S/C13H22N2O3S/c1-9(2)18-5-6-19(16,17)15-13-8-12(14)10(3)7-11(13)4/h7-9,15H,5-6,14H2,1-4H3. The van der Waals surface area contributed by atoms with Crippen molar-refractivity contribution in [3.05, 3.63) is 23.3 Å². The number of anilines is 2. The Balaban J connectivity index is 2.76. The zero-order chi connectivity index (χ0) is 14.6. The van der Waals surface area contributed by atoms with Gasteiger partial charge in [-0.2, -0.15) is 0 Å². The Morgan fingerprint density at radius 1 is 1.26 bits per heavy atom. The molecule has 0 bridgehead atoms. The highest BCUT2D eigenvalue weighted by atomic mass is 32.2. The van der Waals surface area contributed by atoms with Crippen molar-refractivity contribution in [2.45, 2.75) is 33.8 Å². The Morgan fingerprint density at radius 2 is 1.89 bits per heavy atom. The molecule has 0 amide bonds. The fourth-order valence-electron chi connectivity index (χ4n) is 1.59. The molecule has 0 aliphatic rings. The Labute approximate surface area is 115 Å². The number of rotatable bonds is 6. The fraction of sp³-hybridized carbons (Fsp3) is 0.538. The van der Waals surface area contributed by atoms with Crippen molar-refractivity contribution >= 4 is 21.4 Å². The van der Waals surface area contributed by atoms with Gasteiger partial charge in [0.25, 0.3) is 0 Å². The molecule has 0 unspecified atom stereocenters. The predicted molar refractivity (Wildman–Crippen MR) is 78.8 cm³/mol. The van der Waals surface area contributed by atoms with Crippen LogP contribution in [0.25, 0.3) is 0 Å². The second-order valence-corrected chi connectivity index (χ2v) is 6.71. The summed E-state index contributed by atoms with van der Waals surface area (Å²) in [5.41, 5.74) is 8.66. The van der Waals surface area contributed by atoms with Crippen molar-refractivity contribution in [1.82, 2.24) is 0 Å². The minimum absolute atomic E-state index is 0.0203. The van der Waals surface area contributed by atoms with Gasteiger partial charge in [-0.1, -0.05) is 6.07 Å². The first kappa shape index (κ1) is 15.8. The molecule has 1 rings (SSSR count). The molecule has 108 valence electrons. The molecule has 0 fully saturated rings. The van der Waals surface area contributed by atoms with E-state index in [2.05, 4.69) is 4.72 Å². The van der Waals surface area contributed by atoms with Crippen LogP contribution in [-0.4, -0.2) is 26.9 Å². The Hall–Kier alpha value is -1.27. The van der Waals surface area contributed by atoms with Gasteiger partial charge in [0, 0.05) is 5.69 Å². The smallest absolute Gasteiger partial charge is 0.235 e. The summed E-state index contributed by atoms with van der Waals surface area (Å²) in [6.07, 6.45) is 0.0203. The topological polar surface area (TPSA) is 81.4 Å². The molecule has 0 heterocycles. The minimum Gasteiger partial charge on any atom is -0.398 e. The van der Waals surface area contributed by atoms with Gasteiger partial charge in [-0.05, 0) is 44.9 Å². The lowest BCUT2D eigenvalue weighted by atomic mass is 10.1. The number of nitrogens with two attached hydrogens (primary N) is 1. The molecule has 0 aliphatic heterocycles. The highest BCUT2D eigenvalue weighted by Crippen LogP contribution is 2.23. The van der Waals surface area contributed by atoms with Gasteiger partial charge in [-0.15, -0.1) is 0 Å². The number of ether oxygens (including phenoxy) is 1. The Morgan fingerprint density at radius 3 is 2.47 bits per heavy atom. The van der Waals surface area contributed by atoms with Crippen LogP contribution in [0.1, 0.15) is 25.0 Å². The SMILES string of the molecule is Cc1cc(C)c(NS(=O)(=O)CCOC(C)C)cc1N. The van der Waals surface area contributed by atoms with E-state index in [1.54, 1.807) is 6.07 Å². The van der Waals surface area contributed by atoms with Crippen molar-refractivity contribution in [3.63, 3.8) is 0 Å². The number of nitrogens with one attached hydrogen (secondary N) is 1. The van der Waals surface area contributed by atoms with Gasteiger partial charge in [0.05, 0.1) is 24.2 Å². The molecular formula is C13H22N2O3S. The van der Waals surface area contributed by atoms with Crippen LogP contribution in [-0.2, 0) is 14.8 Å². The predicted octanol–water partition coefficient (Wildman–Crippen LogP) is 2.05. The van der Waals surface area contributed by atoms with Gasteiger partial charge in [-0.3, -0.25) is 4.72 Å². The lowest BCUT2D eigenvalue weighted by Gasteiger charge is -2.13. The monoisotopic (exact) mass is 286 g/mol. The molecule has 1 aromatic carbocycles. The summed E-state index contributed by atoms with van der Waals surface area (Å²) in [6, 6.07) is 3.50. The van der Waals surface area contributed by atoms with E-state index in [9.17, 15) is 8.42 Å². The largest absolute Gasteiger partial charge is 0.398 e. The van der Waals surface area contributed by atoms with E-state index in [-0.39, 0.29) is 18.5 Å². The van der Waals surface area contributed by atoms with E-state index in [0.29, 0.717) is 11.4 Å². The third kappa shape index (κ3) is 5.08. The summed E-state index contributed by atoms with van der Waals surface area (Å²) in [7, 11) is -3.41. The maximum absolute atomic E-state index is 11.9. The molecular weight excluding hydrogens is 264 g/mol. The van der Waals surface area contributed by atoms with Crippen LogP contribution in [0, 0.1) is 13.8 Å². The molecule has 6 heteroatoms. The maximum atomic E-state index is 11.9. The number of hydrogen-bond donors (Lipinski definition) is 2. The summed E-state index contributed by atoms with van der Waals surface area (Å²) in [5.74, 6) is -0.0710. The van der Waals surface area contributed by atoms with Crippen LogP contribution in [0.15, 0.2) is 12.1 Å². The van der Waals surface area contributed by atoms with Crippen molar-refractivity contribution in [3.8, 4) is 0 Å². The summed E-state index contributed by atoms with van der Waals surface area (Å²) in [6.45, 7) is 7.63. The van der Waals surface area contributed by atoms with Crippen molar-refractivity contribution < 1.29 is 13.2 Å². The van der Waals surface area contributed by atoms with Gasteiger partial charge < -0.3 is 10.5 Å². The maximum Gasteiger partial charge on any atom is 0.235 e. The Bertz CT molecular complexity index is 539. The van der Waals surface area contributed by atoms with E-state index in [4.69, 9.17) is 10.5 Å². The second kappa shape index (κ2) is 6.25. The zero-order valence-corrected chi connectivity index (χ0v) is 12.7. The van der Waals surface area contributed by atoms with Crippen LogP contribution in [0.2, 0.25) is 0 Å². The normalized spacial score (nSPS) is 11.8. The molecule has 1 aromatic rings. The van der Waals surface area contributed by atoms with Crippen LogP contribution < -0.4 is 10.5 Å². The lowest BCUT2D eigenvalue weighted by Crippen LogP contribution is -2.22. The number of aryl methyl sites for hydroxylation is 2. The first-order valence-corrected chi connectivity index (χ1v) is 7.85. The average Bonchev–Trinajstić information content (AvgIpc) is 2.24. The molecule has 19 heavy (non-hydrogen) atoms. The zero-order valence-electron chi connectivity index (χ0n) is 11.9. The highest BCUT2D eigenvalue weighted by Gasteiger charge is 2.13. The van der Waals surface area contributed by atoms with E-state index in [0.717, 1.165) is 11.1 Å². The molecule has 0 saturated heterocycles. The van der Waals surface area contributed by atoms with Gasteiger partial charge in [0.2, 0.25) is 10.0 Å². The first-order valence-electron chi connectivity index (χ1n) is 6.20. The van der Waals surface area contributed by atoms with Crippen LogP contribution in [0.3, 0.4) is 0 Å². The summed E-state index contributed by atoms with van der Waals surface area (Å²) in [5, 5.41) is 0. The number of nitrogen functional groups attached to an aromatic ring is 1. The van der Waals surface area contributed by atoms with Gasteiger partial charge >= 0.3 is 0 Å². The molecule has 5 nitrogen and oxygen atoms in total. The quantitative estimate of drug-likeness (QED) is 0.784. The van der Waals surface area contributed by atoms with Crippen molar-refractivity contribution in [2.24, 2.45) is 0 Å². The summed E-state index contributed by atoms with van der Waals surface area (Å²) < 4.78 is 31.6. The third-order valence-electron chi connectivity index (χ3n) is 2.68. The van der Waals surface area contributed by atoms with Crippen molar-refractivity contribution in [1.29, 1.82) is 0 Å². The summed E-state index contributed by atoms with van der Waals surface area (Å²) in [4.78, 5) is 0. The minimum atomic E-state index is -3.41. The van der Waals surface area contributed by atoms with E-state index < -0.39 is 10.0 Å².